The topological polar surface area (TPSA) is 9.23 Å². The first-order chi connectivity index (χ1) is 16.8. The molecule has 194 valence electrons. The number of alkyl halides is 2. The minimum absolute atomic E-state index is 0.255. The summed E-state index contributed by atoms with van der Waals surface area (Å²) in [5, 5.41) is 0. The van der Waals surface area contributed by atoms with Crippen LogP contribution in [-0.4, -0.2) is 0 Å². The molecule has 3 rings (SSSR count). The van der Waals surface area contributed by atoms with Gasteiger partial charge >= 0.3 is 6.11 Å². The largest absolute Gasteiger partial charge is 0.386 e. The summed E-state index contributed by atoms with van der Waals surface area (Å²) in [7, 11) is 0. The number of rotatable bonds is 13. The highest BCUT2D eigenvalue weighted by Gasteiger charge is 2.38. The summed E-state index contributed by atoms with van der Waals surface area (Å²) < 4.78 is 49.9. The Balaban J connectivity index is 1.58. The fourth-order valence-electron chi connectivity index (χ4n) is 5.38. The van der Waals surface area contributed by atoms with E-state index in [1.54, 1.807) is 13.0 Å². The molecule has 4 heteroatoms. The Morgan fingerprint density at radius 2 is 1.54 bits per heavy atom. The van der Waals surface area contributed by atoms with Crippen molar-refractivity contribution >= 4 is 0 Å². The van der Waals surface area contributed by atoms with Gasteiger partial charge in [-0.25, -0.2) is 4.39 Å². The number of unbranched alkanes of at least 4 members (excludes halogenated alkanes) is 4. The lowest BCUT2D eigenvalue weighted by Gasteiger charge is -2.29. The molecule has 1 nitrogen and oxygen atoms in total. The standard InChI is InChI=1S/C31H43F3O/c1-4-6-8-10-24-12-16-26(17-13-24)23(3)35-31(33,34)29-21-20-28(22-30(29)32)27-18-14-25(15-19-27)11-9-7-5-2/h12-13,16-17,20-23,25,27H,4-11,14-15,18-19H2,1-3H3. The van der Waals surface area contributed by atoms with E-state index < -0.39 is 23.6 Å². The van der Waals surface area contributed by atoms with Gasteiger partial charge in [0.25, 0.3) is 0 Å². The van der Waals surface area contributed by atoms with Crippen LogP contribution in [0.5, 0.6) is 0 Å². The predicted octanol–water partition coefficient (Wildman–Crippen LogP) is 10.2. The molecular formula is C31H43F3O. The minimum atomic E-state index is -3.70. The van der Waals surface area contributed by atoms with Crippen LogP contribution in [-0.2, 0) is 17.3 Å². The van der Waals surface area contributed by atoms with Crippen molar-refractivity contribution in [1.29, 1.82) is 0 Å². The third-order valence-electron chi connectivity index (χ3n) is 7.68. The molecule has 0 amide bonds. The van der Waals surface area contributed by atoms with Crippen molar-refractivity contribution in [1.82, 2.24) is 0 Å². The van der Waals surface area contributed by atoms with Crippen LogP contribution in [0.25, 0.3) is 0 Å². The molecule has 0 radical (unpaired) electrons. The van der Waals surface area contributed by atoms with E-state index in [1.165, 1.54) is 49.8 Å². The molecule has 0 aliphatic heterocycles. The minimum Gasteiger partial charge on any atom is -0.309 e. The summed E-state index contributed by atoms with van der Waals surface area (Å²) >= 11 is 0. The lowest BCUT2D eigenvalue weighted by molar-refractivity contribution is -0.273. The lowest BCUT2D eigenvalue weighted by atomic mass is 9.77. The van der Waals surface area contributed by atoms with E-state index >= 15 is 0 Å². The highest BCUT2D eigenvalue weighted by Crippen LogP contribution is 2.41. The van der Waals surface area contributed by atoms with Gasteiger partial charge in [0.15, 0.2) is 0 Å². The average molecular weight is 489 g/mol. The summed E-state index contributed by atoms with van der Waals surface area (Å²) in [6, 6.07) is 11.8. The summed E-state index contributed by atoms with van der Waals surface area (Å²) in [5.74, 6) is 0.132. The first kappa shape index (κ1) is 27.8. The maximum Gasteiger partial charge on any atom is 0.386 e. The summed E-state index contributed by atoms with van der Waals surface area (Å²) in [4.78, 5) is 0. The molecule has 0 bridgehead atoms. The molecule has 1 fully saturated rings. The van der Waals surface area contributed by atoms with Crippen LogP contribution in [0.3, 0.4) is 0 Å². The molecule has 0 N–H and O–H groups in total. The molecule has 2 aromatic carbocycles. The second kappa shape index (κ2) is 13.5. The Labute approximate surface area is 210 Å². The van der Waals surface area contributed by atoms with Crippen molar-refractivity contribution in [3.05, 3.63) is 70.5 Å². The number of ether oxygens (including phenoxy) is 1. The SMILES string of the molecule is CCCCCc1ccc(C(C)OC(F)(F)c2ccc(C3CCC(CCCCC)CC3)cc2F)cc1. The van der Waals surface area contributed by atoms with Crippen LogP contribution in [0, 0.1) is 11.7 Å². The maximum absolute atomic E-state index is 14.9. The quantitative estimate of drug-likeness (QED) is 0.255. The fraction of sp³-hybridized carbons (Fsp3) is 0.613. The zero-order chi connectivity index (χ0) is 25.3. The maximum atomic E-state index is 14.9. The molecule has 2 aromatic rings. The second-order valence-corrected chi connectivity index (χ2v) is 10.4. The van der Waals surface area contributed by atoms with Crippen LogP contribution in [0.15, 0.2) is 42.5 Å². The van der Waals surface area contributed by atoms with E-state index in [4.69, 9.17) is 4.74 Å². The third kappa shape index (κ3) is 8.10. The molecule has 1 saturated carbocycles. The molecule has 1 unspecified atom stereocenters. The fourth-order valence-corrected chi connectivity index (χ4v) is 5.38. The van der Waals surface area contributed by atoms with E-state index in [-0.39, 0.29) is 5.92 Å². The first-order valence-electron chi connectivity index (χ1n) is 13.8. The molecule has 0 aromatic heterocycles. The molecule has 0 saturated heterocycles. The van der Waals surface area contributed by atoms with Gasteiger partial charge in [-0.2, -0.15) is 8.78 Å². The van der Waals surface area contributed by atoms with Crippen molar-refractivity contribution in [2.45, 2.75) is 116 Å². The van der Waals surface area contributed by atoms with Crippen LogP contribution < -0.4 is 0 Å². The predicted molar refractivity (Wildman–Crippen MR) is 138 cm³/mol. The van der Waals surface area contributed by atoms with Crippen LogP contribution in [0.4, 0.5) is 13.2 Å². The lowest BCUT2D eigenvalue weighted by Crippen LogP contribution is -2.22. The third-order valence-corrected chi connectivity index (χ3v) is 7.68. The van der Waals surface area contributed by atoms with Crippen molar-refractivity contribution in [3.8, 4) is 0 Å². The number of halogens is 3. The zero-order valence-corrected chi connectivity index (χ0v) is 21.8. The Morgan fingerprint density at radius 1 is 0.886 bits per heavy atom. The number of aryl methyl sites for hydroxylation is 1. The van der Waals surface area contributed by atoms with Gasteiger partial charge in [0.1, 0.15) is 5.82 Å². The van der Waals surface area contributed by atoms with Crippen molar-refractivity contribution < 1.29 is 17.9 Å². The van der Waals surface area contributed by atoms with Gasteiger partial charge in [-0.1, -0.05) is 82.7 Å². The van der Waals surface area contributed by atoms with Crippen LogP contribution in [0.1, 0.15) is 126 Å². The smallest absolute Gasteiger partial charge is 0.309 e. The van der Waals surface area contributed by atoms with E-state index in [9.17, 15) is 13.2 Å². The molecule has 0 spiro atoms. The molecular weight excluding hydrogens is 445 g/mol. The average Bonchev–Trinajstić information content (AvgIpc) is 2.84. The highest BCUT2D eigenvalue weighted by molar-refractivity contribution is 5.30. The van der Waals surface area contributed by atoms with E-state index in [2.05, 4.69) is 13.8 Å². The monoisotopic (exact) mass is 488 g/mol. The molecule has 0 heterocycles. The molecule has 35 heavy (non-hydrogen) atoms. The van der Waals surface area contributed by atoms with Gasteiger partial charge in [-0.15, -0.1) is 0 Å². The molecule has 1 aliphatic rings. The number of hydrogen-bond acceptors (Lipinski definition) is 1. The van der Waals surface area contributed by atoms with Crippen molar-refractivity contribution in [3.63, 3.8) is 0 Å². The van der Waals surface area contributed by atoms with Gasteiger partial charge in [0.2, 0.25) is 0 Å². The molecule has 1 atom stereocenters. The summed E-state index contributed by atoms with van der Waals surface area (Å²) in [5.41, 5.74) is 2.01. The Morgan fingerprint density at radius 3 is 2.17 bits per heavy atom. The van der Waals surface area contributed by atoms with Gasteiger partial charge in [0.05, 0.1) is 11.7 Å². The van der Waals surface area contributed by atoms with Crippen molar-refractivity contribution in [2.75, 3.05) is 0 Å². The summed E-state index contributed by atoms with van der Waals surface area (Å²) in [6.45, 7) is 5.97. The van der Waals surface area contributed by atoms with Crippen LogP contribution >= 0.6 is 0 Å². The zero-order valence-electron chi connectivity index (χ0n) is 21.8. The van der Waals surface area contributed by atoms with Crippen LogP contribution in [0.2, 0.25) is 0 Å². The van der Waals surface area contributed by atoms with Gasteiger partial charge in [0, 0.05) is 0 Å². The van der Waals surface area contributed by atoms with Gasteiger partial charge < -0.3 is 4.74 Å². The van der Waals surface area contributed by atoms with E-state index in [0.29, 0.717) is 5.56 Å². The Hall–Kier alpha value is -1.81. The molecule has 1 aliphatic carbocycles. The first-order valence-corrected chi connectivity index (χ1v) is 13.8. The van der Waals surface area contributed by atoms with Crippen molar-refractivity contribution in [2.24, 2.45) is 5.92 Å². The van der Waals surface area contributed by atoms with Gasteiger partial charge in [-0.05, 0) is 86.1 Å². The Bertz CT molecular complexity index is 885. The Kier molecular flexibility index (Phi) is 10.7. The van der Waals surface area contributed by atoms with E-state index in [1.807, 2.05) is 24.3 Å². The highest BCUT2D eigenvalue weighted by atomic mass is 19.3. The van der Waals surface area contributed by atoms with Gasteiger partial charge in [-0.3, -0.25) is 0 Å². The number of hydrogen-bond donors (Lipinski definition) is 0. The van der Waals surface area contributed by atoms with E-state index in [0.717, 1.165) is 56.4 Å². The second-order valence-electron chi connectivity index (χ2n) is 10.4. The number of benzene rings is 2. The summed E-state index contributed by atoms with van der Waals surface area (Å²) in [6.07, 6.45) is 9.28. The normalized spacial score (nSPS) is 19.6.